The highest BCUT2D eigenvalue weighted by Gasteiger charge is 2.39. The lowest BCUT2D eigenvalue weighted by Gasteiger charge is -2.43. The molecular formula is C39H40N2O8. The number of carbonyl (C=O) groups is 3. The van der Waals surface area contributed by atoms with Gasteiger partial charge in [-0.2, -0.15) is 0 Å². The summed E-state index contributed by atoms with van der Waals surface area (Å²) < 4.78 is 17.8. The van der Waals surface area contributed by atoms with Gasteiger partial charge in [0.2, 0.25) is 0 Å². The number of nitrogens with zero attached hydrogens (tertiary/aromatic N) is 1. The van der Waals surface area contributed by atoms with Crippen molar-refractivity contribution >= 4 is 17.8 Å². The van der Waals surface area contributed by atoms with Crippen molar-refractivity contribution in [3.63, 3.8) is 0 Å². The maximum atomic E-state index is 12.8. The molecule has 0 bridgehead atoms. The van der Waals surface area contributed by atoms with Crippen LogP contribution in [0, 0.1) is 5.92 Å². The highest BCUT2D eigenvalue weighted by atomic mass is 16.7. The summed E-state index contributed by atoms with van der Waals surface area (Å²) in [5.41, 5.74) is 4.78. The van der Waals surface area contributed by atoms with Crippen LogP contribution in [0.15, 0.2) is 97.1 Å². The van der Waals surface area contributed by atoms with Gasteiger partial charge in [0.1, 0.15) is 0 Å². The van der Waals surface area contributed by atoms with E-state index in [2.05, 4.69) is 21.9 Å². The number of rotatable bonds is 11. The second-order valence-electron chi connectivity index (χ2n) is 12.7. The van der Waals surface area contributed by atoms with E-state index in [0.29, 0.717) is 6.54 Å². The third-order valence-electron chi connectivity index (χ3n) is 9.50. The Morgan fingerprint density at radius 2 is 1.51 bits per heavy atom. The van der Waals surface area contributed by atoms with Crippen LogP contribution in [0.1, 0.15) is 91.2 Å². The average molecular weight is 665 g/mol. The number of benzene rings is 4. The summed E-state index contributed by atoms with van der Waals surface area (Å²) in [6.07, 6.45) is -1.88. The first-order chi connectivity index (χ1) is 23.6. The Kier molecular flexibility index (Phi) is 10.3. The topological polar surface area (TPSA) is 135 Å². The summed E-state index contributed by atoms with van der Waals surface area (Å²) in [5, 5.41) is 23.5. The summed E-state index contributed by atoms with van der Waals surface area (Å²) in [6.45, 7) is 4.85. The standard InChI is InChI=1S/C39H40N2O8/c1-23-33(21-41(3)24(2)34(43)27-7-5-4-6-8-27)47-39(48-35(23)28-13-11-26(22-42)12-14-28)29-15-9-25(10-16-29)20-40-36(44)30-17-18-31-32(19-30)38(46)49-37(31)45/h4-19,23-24,33-35,39,42-43H,20-22H2,1-3H3,(H,40,44). The number of fused-ring (bicyclic) bond motifs is 1. The molecule has 0 saturated carbocycles. The molecule has 4 aromatic carbocycles. The fourth-order valence-electron chi connectivity index (χ4n) is 6.25. The Bertz CT molecular complexity index is 1790. The van der Waals surface area contributed by atoms with Gasteiger partial charge in [-0.1, -0.05) is 85.8 Å². The van der Waals surface area contributed by atoms with Gasteiger partial charge in [-0.05, 0) is 54.4 Å². The lowest BCUT2D eigenvalue weighted by molar-refractivity contribution is -0.276. The number of aliphatic hydroxyl groups is 2. The van der Waals surface area contributed by atoms with Crippen LogP contribution in [0.4, 0.5) is 0 Å². The minimum Gasteiger partial charge on any atom is -0.392 e. The van der Waals surface area contributed by atoms with E-state index >= 15 is 0 Å². The zero-order chi connectivity index (χ0) is 34.7. The molecule has 2 aliphatic heterocycles. The van der Waals surface area contributed by atoms with Gasteiger partial charge in [0.05, 0.1) is 36.0 Å². The van der Waals surface area contributed by atoms with Gasteiger partial charge >= 0.3 is 11.9 Å². The number of ether oxygens (including phenoxy) is 3. The molecule has 10 heteroatoms. The van der Waals surface area contributed by atoms with Crippen LogP contribution < -0.4 is 5.32 Å². The molecule has 49 heavy (non-hydrogen) atoms. The number of hydrogen-bond donors (Lipinski definition) is 3. The van der Waals surface area contributed by atoms with Crippen LogP contribution >= 0.6 is 0 Å². The summed E-state index contributed by atoms with van der Waals surface area (Å²) >= 11 is 0. The lowest BCUT2D eigenvalue weighted by atomic mass is 9.89. The van der Waals surface area contributed by atoms with E-state index in [0.717, 1.165) is 27.8 Å². The first-order valence-electron chi connectivity index (χ1n) is 16.3. The van der Waals surface area contributed by atoms with Crippen LogP contribution in [0.25, 0.3) is 0 Å². The van der Waals surface area contributed by atoms with Gasteiger partial charge in [-0.3, -0.25) is 9.69 Å². The van der Waals surface area contributed by atoms with E-state index in [1.165, 1.54) is 18.2 Å². The number of cyclic esters (lactones) is 2. The van der Waals surface area contributed by atoms with Crippen molar-refractivity contribution in [1.29, 1.82) is 0 Å². The van der Waals surface area contributed by atoms with Crippen LogP contribution in [0.2, 0.25) is 0 Å². The number of nitrogens with one attached hydrogen (secondary N) is 1. The predicted molar refractivity (Wildman–Crippen MR) is 180 cm³/mol. The van der Waals surface area contributed by atoms with Crippen LogP contribution in [-0.2, 0) is 27.4 Å². The van der Waals surface area contributed by atoms with Crippen molar-refractivity contribution in [1.82, 2.24) is 10.2 Å². The van der Waals surface area contributed by atoms with Crippen LogP contribution in [0.5, 0.6) is 0 Å². The molecule has 0 spiro atoms. The predicted octanol–water partition coefficient (Wildman–Crippen LogP) is 5.26. The lowest BCUT2D eigenvalue weighted by Crippen LogP contribution is -2.46. The minimum absolute atomic E-state index is 0.0339. The van der Waals surface area contributed by atoms with E-state index in [4.69, 9.17) is 9.47 Å². The maximum absolute atomic E-state index is 12.8. The van der Waals surface area contributed by atoms with E-state index in [1.54, 1.807) is 0 Å². The highest BCUT2D eigenvalue weighted by Crippen LogP contribution is 2.42. The second-order valence-corrected chi connectivity index (χ2v) is 12.7. The van der Waals surface area contributed by atoms with Crippen molar-refractivity contribution in [3.05, 3.63) is 142 Å². The fraction of sp³-hybridized carbons (Fsp3) is 0.308. The highest BCUT2D eigenvalue weighted by molar-refractivity contribution is 6.15. The van der Waals surface area contributed by atoms with Crippen LogP contribution in [0.3, 0.4) is 0 Å². The zero-order valence-corrected chi connectivity index (χ0v) is 27.6. The molecule has 254 valence electrons. The van der Waals surface area contributed by atoms with Gasteiger partial charge in [0, 0.05) is 36.2 Å². The van der Waals surface area contributed by atoms with Gasteiger partial charge in [-0.15, -0.1) is 0 Å². The molecular weight excluding hydrogens is 624 g/mol. The number of carbonyl (C=O) groups excluding carboxylic acids is 3. The Balaban J connectivity index is 1.16. The van der Waals surface area contributed by atoms with E-state index in [-0.39, 0.29) is 59.9 Å². The molecule has 1 amide bonds. The van der Waals surface area contributed by atoms with Crippen molar-refractivity contribution < 1.29 is 38.8 Å². The number of aliphatic hydroxyl groups excluding tert-OH is 2. The van der Waals surface area contributed by atoms with E-state index in [1.807, 2.05) is 92.8 Å². The summed E-state index contributed by atoms with van der Waals surface area (Å²) in [5.74, 6) is -1.90. The molecule has 2 aliphatic rings. The van der Waals surface area contributed by atoms with Crippen LogP contribution in [-0.4, -0.2) is 58.7 Å². The molecule has 0 aliphatic carbocycles. The Morgan fingerprint density at radius 1 is 0.857 bits per heavy atom. The largest absolute Gasteiger partial charge is 0.392 e. The quantitative estimate of drug-likeness (QED) is 0.145. The molecule has 10 nitrogen and oxygen atoms in total. The summed E-state index contributed by atoms with van der Waals surface area (Å²) in [4.78, 5) is 38.6. The van der Waals surface area contributed by atoms with Crippen molar-refractivity contribution in [3.8, 4) is 0 Å². The van der Waals surface area contributed by atoms with Gasteiger partial charge < -0.3 is 29.7 Å². The molecule has 4 aromatic rings. The summed E-state index contributed by atoms with van der Waals surface area (Å²) in [6, 6.07) is 29.1. The molecule has 6 atom stereocenters. The number of amides is 1. The molecule has 6 rings (SSSR count). The monoisotopic (exact) mass is 664 g/mol. The van der Waals surface area contributed by atoms with Crippen molar-refractivity contribution in [2.75, 3.05) is 13.6 Å². The minimum atomic E-state index is -0.760. The number of hydrogen-bond acceptors (Lipinski definition) is 9. The average Bonchev–Trinajstić information content (AvgIpc) is 3.43. The SMILES string of the molecule is CC1C(CN(C)C(C)C(O)c2ccccc2)OC(c2ccc(CNC(=O)c3ccc4c(c3)C(=O)OC4=O)cc2)OC1c1ccc(CO)cc1. The first kappa shape index (κ1) is 34.2. The normalized spacial score (nSPS) is 21.6. The molecule has 1 fully saturated rings. The Labute approximate surface area is 285 Å². The number of likely N-dealkylation sites (N-methyl/N-ethyl adjacent to an activating group) is 1. The van der Waals surface area contributed by atoms with Gasteiger partial charge in [-0.25, -0.2) is 9.59 Å². The van der Waals surface area contributed by atoms with Crippen molar-refractivity contribution in [2.45, 2.75) is 57.6 Å². The van der Waals surface area contributed by atoms with Gasteiger partial charge in [0.25, 0.3) is 5.91 Å². The van der Waals surface area contributed by atoms with Crippen molar-refractivity contribution in [2.24, 2.45) is 5.92 Å². The Morgan fingerprint density at radius 3 is 2.20 bits per heavy atom. The summed E-state index contributed by atoms with van der Waals surface area (Å²) in [7, 11) is 1.99. The first-order valence-corrected chi connectivity index (χ1v) is 16.3. The zero-order valence-electron chi connectivity index (χ0n) is 27.6. The third-order valence-corrected chi connectivity index (χ3v) is 9.50. The molecule has 0 radical (unpaired) electrons. The molecule has 3 N–H and O–H groups in total. The molecule has 2 heterocycles. The van der Waals surface area contributed by atoms with E-state index in [9.17, 15) is 24.6 Å². The van der Waals surface area contributed by atoms with Gasteiger partial charge in [0.15, 0.2) is 6.29 Å². The maximum Gasteiger partial charge on any atom is 0.346 e. The molecule has 6 unspecified atom stereocenters. The molecule has 0 aromatic heterocycles. The smallest absolute Gasteiger partial charge is 0.346 e. The fourth-order valence-corrected chi connectivity index (χ4v) is 6.25. The van der Waals surface area contributed by atoms with E-state index < -0.39 is 24.3 Å². The Hall–Kier alpha value is -4.71. The third kappa shape index (κ3) is 7.49. The number of esters is 2. The molecule has 1 saturated heterocycles. The second kappa shape index (κ2) is 14.8.